The molecule has 0 bridgehead atoms. The zero-order valence-corrected chi connectivity index (χ0v) is 22.1. The molecule has 184 valence electrons. The molecule has 2 aromatic rings. The molecule has 4 rings (SSSR count). The van der Waals surface area contributed by atoms with Crippen molar-refractivity contribution in [2.75, 3.05) is 19.5 Å². The van der Waals surface area contributed by atoms with Crippen molar-refractivity contribution in [2.24, 2.45) is 0 Å². The first kappa shape index (κ1) is 24.5. The maximum Gasteiger partial charge on any atom is 0.192 e. The summed E-state index contributed by atoms with van der Waals surface area (Å²) in [5.74, 6) is -0.395. The molecule has 0 radical (unpaired) electrons. The SMILES string of the molecule is CO[C@H](C)c1nn([C@@H]2O[C@H](CO[Si](C)(C)C(C)(C)C)[C@H]3OC(C)(C)O[C@H]32)c2ncnc(N)c12. The third-order valence-corrected chi connectivity index (χ3v) is 11.6. The zero-order valence-electron chi connectivity index (χ0n) is 21.1. The van der Waals surface area contributed by atoms with Gasteiger partial charge in [0.1, 0.15) is 36.2 Å². The van der Waals surface area contributed by atoms with Crippen molar-refractivity contribution in [1.82, 2.24) is 19.7 Å². The zero-order chi connectivity index (χ0) is 24.3. The minimum Gasteiger partial charge on any atom is -0.414 e. The van der Waals surface area contributed by atoms with E-state index in [-0.39, 0.29) is 29.5 Å². The Morgan fingerprint density at radius 1 is 1.21 bits per heavy atom. The highest BCUT2D eigenvalue weighted by atomic mass is 28.4. The number of nitrogens with two attached hydrogens (primary N) is 1. The maximum absolute atomic E-state index is 6.50. The highest BCUT2D eigenvalue weighted by molar-refractivity contribution is 6.74. The van der Waals surface area contributed by atoms with Crippen LogP contribution in [0.25, 0.3) is 11.0 Å². The van der Waals surface area contributed by atoms with Crippen LogP contribution in [0.15, 0.2) is 6.33 Å². The molecule has 0 spiro atoms. The molecule has 2 N–H and O–H groups in total. The quantitative estimate of drug-likeness (QED) is 0.621. The lowest BCUT2D eigenvalue weighted by Gasteiger charge is -2.37. The number of fused-ring (bicyclic) bond motifs is 2. The molecule has 0 amide bonds. The van der Waals surface area contributed by atoms with Gasteiger partial charge in [0.25, 0.3) is 0 Å². The smallest absolute Gasteiger partial charge is 0.192 e. The maximum atomic E-state index is 6.50. The molecule has 2 saturated heterocycles. The summed E-state index contributed by atoms with van der Waals surface area (Å²) in [6.07, 6.45) is -0.405. The molecule has 0 aliphatic carbocycles. The Bertz CT molecular complexity index is 1020. The van der Waals surface area contributed by atoms with Gasteiger partial charge in [-0.05, 0) is 38.9 Å². The number of hydrogen-bond donors (Lipinski definition) is 1. The molecule has 2 aliphatic rings. The molecule has 0 saturated carbocycles. The number of rotatable bonds is 6. The highest BCUT2D eigenvalue weighted by Gasteiger charge is 2.57. The van der Waals surface area contributed by atoms with Gasteiger partial charge in [-0.1, -0.05) is 20.8 Å². The second kappa shape index (κ2) is 8.24. The molecule has 5 atom stereocenters. The lowest BCUT2D eigenvalue weighted by atomic mass is 10.1. The average molecular weight is 480 g/mol. The van der Waals surface area contributed by atoms with Crippen LogP contribution >= 0.6 is 0 Å². The molecule has 2 aliphatic heterocycles. The van der Waals surface area contributed by atoms with Crippen LogP contribution in [-0.2, 0) is 23.4 Å². The molecule has 11 heteroatoms. The predicted octanol–water partition coefficient (Wildman–Crippen LogP) is 3.56. The number of nitrogens with zero attached hydrogens (tertiary/aromatic N) is 4. The van der Waals surface area contributed by atoms with E-state index in [1.807, 2.05) is 20.8 Å². The molecule has 10 nitrogen and oxygen atoms in total. The van der Waals surface area contributed by atoms with Gasteiger partial charge in [0.15, 0.2) is 26.0 Å². The van der Waals surface area contributed by atoms with Crippen LogP contribution in [0.4, 0.5) is 5.82 Å². The summed E-state index contributed by atoms with van der Waals surface area (Å²) in [6.45, 7) is 17.3. The molecule has 0 aromatic carbocycles. The fraction of sp³-hybridized carbons (Fsp3) is 0.773. The first-order chi connectivity index (χ1) is 15.3. The first-order valence-electron chi connectivity index (χ1n) is 11.4. The number of aromatic nitrogens is 4. The number of hydrogen-bond acceptors (Lipinski definition) is 9. The van der Waals surface area contributed by atoms with E-state index in [0.717, 1.165) is 0 Å². The van der Waals surface area contributed by atoms with Crippen molar-refractivity contribution in [2.45, 2.75) is 96.1 Å². The van der Waals surface area contributed by atoms with E-state index < -0.39 is 20.3 Å². The average Bonchev–Trinajstić information content (AvgIpc) is 3.34. The monoisotopic (exact) mass is 479 g/mol. The highest BCUT2D eigenvalue weighted by Crippen LogP contribution is 2.45. The molecule has 33 heavy (non-hydrogen) atoms. The molecule has 0 unspecified atom stereocenters. The van der Waals surface area contributed by atoms with Crippen molar-refractivity contribution in [3.05, 3.63) is 12.0 Å². The minimum atomic E-state index is -1.97. The fourth-order valence-corrected chi connectivity index (χ4v) is 5.11. The van der Waals surface area contributed by atoms with Gasteiger partial charge in [0, 0.05) is 7.11 Å². The number of ether oxygens (including phenoxy) is 4. The predicted molar refractivity (Wildman–Crippen MR) is 126 cm³/mol. The Morgan fingerprint density at radius 3 is 2.52 bits per heavy atom. The molecule has 2 fully saturated rings. The minimum absolute atomic E-state index is 0.0918. The van der Waals surface area contributed by atoms with E-state index in [1.54, 1.807) is 11.8 Å². The Hall–Kier alpha value is -1.63. The molecular formula is C22H37N5O5Si. The standard InChI is InChI=1S/C22H37N5O5Si/c1-12(28-7)15-14-18(23)24-11-25-19(14)27(26-15)20-17-16(31-22(5,6)32-17)13(30-20)10-29-33(8,9)21(2,3)4/h11-13,16-17,20H,10H2,1-9H3,(H2,23,24,25)/t12-,13-,16-,17-,20-/m1/s1. The largest absolute Gasteiger partial charge is 0.414 e. The van der Waals surface area contributed by atoms with Crippen LogP contribution in [0.2, 0.25) is 18.1 Å². The van der Waals surface area contributed by atoms with E-state index in [9.17, 15) is 0 Å². The fourth-order valence-electron chi connectivity index (χ4n) is 4.09. The lowest BCUT2D eigenvalue weighted by Crippen LogP contribution is -2.44. The Balaban J connectivity index is 1.70. The summed E-state index contributed by atoms with van der Waals surface area (Å²) < 4.78 is 32.8. The van der Waals surface area contributed by atoms with Gasteiger partial charge in [0.05, 0.1) is 18.1 Å². The lowest BCUT2D eigenvalue weighted by molar-refractivity contribution is -0.200. The summed E-state index contributed by atoms with van der Waals surface area (Å²) in [4.78, 5) is 8.62. The first-order valence-corrected chi connectivity index (χ1v) is 14.3. The van der Waals surface area contributed by atoms with Gasteiger partial charge in [-0.3, -0.25) is 0 Å². The molecule has 2 aromatic heterocycles. The van der Waals surface area contributed by atoms with Crippen molar-refractivity contribution < 1.29 is 23.4 Å². The van der Waals surface area contributed by atoms with Crippen LogP contribution in [-0.4, -0.2) is 65.9 Å². The van der Waals surface area contributed by atoms with Crippen molar-refractivity contribution in [1.29, 1.82) is 0 Å². The van der Waals surface area contributed by atoms with Gasteiger partial charge in [-0.25, -0.2) is 14.6 Å². The van der Waals surface area contributed by atoms with E-state index >= 15 is 0 Å². The van der Waals surface area contributed by atoms with Crippen LogP contribution < -0.4 is 5.73 Å². The summed E-state index contributed by atoms with van der Waals surface area (Å²) in [5, 5.41) is 5.56. The van der Waals surface area contributed by atoms with Crippen LogP contribution in [0, 0.1) is 0 Å². The van der Waals surface area contributed by atoms with Gasteiger partial charge in [-0.2, -0.15) is 5.10 Å². The topological polar surface area (TPSA) is 116 Å². The third kappa shape index (κ3) is 4.30. The van der Waals surface area contributed by atoms with E-state index in [0.29, 0.717) is 29.2 Å². The van der Waals surface area contributed by atoms with Gasteiger partial charge in [0.2, 0.25) is 0 Å². The van der Waals surface area contributed by atoms with Gasteiger partial charge in [-0.15, -0.1) is 0 Å². The van der Waals surface area contributed by atoms with Crippen LogP contribution in [0.3, 0.4) is 0 Å². The summed E-state index contributed by atoms with van der Waals surface area (Å²) >= 11 is 0. The summed E-state index contributed by atoms with van der Waals surface area (Å²) in [7, 11) is -0.345. The van der Waals surface area contributed by atoms with E-state index in [4.69, 9.17) is 34.2 Å². The number of anilines is 1. The van der Waals surface area contributed by atoms with Crippen molar-refractivity contribution >= 4 is 25.2 Å². The second-order valence-electron chi connectivity index (χ2n) is 10.9. The summed E-state index contributed by atoms with van der Waals surface area (Å²) in [6, 6.07) is 0. The molecular weight excluding hydrogens is 442 g/mol. The Kier molecular flexibility index (Phi) is 6.12. The molecule has 4 heterocycles. The van der Waals surface area contributed by atoms with Crippen molar-refractivity contribution in [3.8, 4) is 0 Å². The van der Waals surface area contributed by atoms with Crippen molar-refractivity contribution in [3.63, 3.8) is 0 Å². The number of methoxy groups -OCH3 is 1. The third-order valence-electron chi connectivity index (χ3n) is 7.06. The van der Waals surface area contributed by atoms with Crippen LogP contribution in [0.1, 0.15) is 59.6 Å². The Labute approximate surface area is 196 Å². The normalized spacial score (nSPS) is 28.4. The number of nitrogen functional groups attached to an aromatic ring is 1. The van der Waals surface area contributed by atoms with E-state index in [2.05, 4.69) is 43.8 Å². The Morgan fingerprint density at radius 2 is 1.88 bits per heavy atom. The van der Waals surface area contributed by atoms with Crippen LogP contribution in [0.5, 0.6) is 0 Å². The van der Waals surface area contributed by atoms with Gasteiger partial charge >= 0.3 is 0 Å². The summed E-state index contributed by atoms with van der Waals surface area (Å²) in [5.41, 5.74) is 7.43. The second-order valence-corrected chi connectivity index (χ2v) is 15.7. The van der Waals surface area contributed by atoms with Gasteiger partial charge < -0.3 is 29.1 Å². The van der Waals surface area contributed by atoms with E-state index in [1.165, 1.54) is 6.33 Å².